The molecule has 0 radical (unpaired) electrons. The molecule has 0 bridgehead atoms. The minimum absolute atomic E-state index is 0.0200. The monoisotopic (exact) mass is 344 g/mol. The van der Waals surface area contributed by atoms with E-state index in [4.69, 9.17) is 4.74 Å². The number of amides is 1. The predicted octanol–water partition coefficient (Wildman–Crippen LogP) is 3.55. The van der Waals surface area contributed by atoms with Crippen LogP contribution in [0.15, 0.2) is 30.3 Å². The number of methoxy groups -OCH3 is 1. The number of hydrogen-bond acceptors (Lipinski definition) is 5. The number of para-hydroxylation sites is 1. The third-order valence-corrected chi connectivity index (χ3v) is 4.58. The number of carbonyl (C=O) groups is 1. The lowest BCUT2D eigenvalue weighted by Crippen LogP contribution is -2.14. The Bertz CT molecular complexity index is 807. The average molecular weight is 344 g/mol. The van der Waals surface area contributed by atoms with E-state index in [1.54, 1.807) is 23.1 Å². The van der Waals surface area contributed by atoms with Gasteiger partial charge in [0.1, 0.15) is 5.82 Å². The molecule has 0 spiro atoms. The highest BCUT2D eigenvalue weighted by atomic mass is 32.1. The van der Waals surface area contributed by atoms with Crippen molar-refractivity contribution < 1.29 is 9.53 Å². The highest BCUT2D eigenvalue weighted by Gasteiger charge is 2.14. The molecule has 1 amide bonds. The normalized spacial score (nSPS) is 11.1. The van der Waals surface area contributed by atoms with Gasteiger partial charge < -0.3 is 10.1 Å². The number of anilines is 1. The predicted molar refractivity (Wildman–Crippen MR) is 95.8 cm³/mol. The second kappa shape index (κ2) is 7.55. The highest BCUT2D eigenvalue weighted by molar-refractivity contribution is 7.20. The molecule has 126 valence electrons. The Labute approximate surface area is 144 Å². The van der Waals surface area contributed by atoms with Crippen molar-refractivity contribution in [2.45, 2.75) is 26.2 Å². The molecule has 1 N–H and O–H groups in total. The molecule has 3 aromatic rings. The number of ether oxygens (including phenoxy) is 1. The number of nitrogens with one attached hydrogen (secondary N) is 1. The van der Waals surface area contributed by atoms with E-state index >= 15 is 0 Å². The summed E-state index contributed by atoms with van der Waals surface area (Å²) >= 11 is 1.55. The molecule has 1 aromatic carbocycles. The van der Waals surface area contributed by atoms with Crippen LogP contribution in [0.3, 0.4) is 0 Å². The minimum Gasteiger partial charge on any atom is -0.385 e. The maximum atomic E-state index is 12.1. The number of aryl methyl sites for hydroxylation is 1. The van der Waals surface area contributed by atoms with E-state index < -0.39 is 0 Å². The van der Waals surface area contributed by atoms with E-state index in [1.165, 1.54) is 0 Å². The summed E-state index contributed by atoms with van der Waals surface area (Å²) < 4.78 is 7.79. The number of aromatic nitrogens is 3. The minimum atomic E-state index is -0.0200. The summed E-state index contributed by atoms with van der Waals surface area (Å²) in [6.45, 7) is 2.58. The Morgan fingerprint density at radius 3 is 2.96 bits per heavy atom. The van der Waals surface area contributed by atoms with Crippen molar-refractivity contribution in [2.24, 2.45) is 0 Å². The average Bonchev–Trinajstić information content (AvgIpc) is 3.14. The number of hydrogen-bond donors (Lipinski definition) is 1. The van der Waals surface area contributed by atoms with E-state index in [-0.39, 0.29) is 5.91 Å². The Morgan fingerprint density at radius 1 is 1.33 bits per heavy atom. The van der Waals surface area contributed by atoms with Crippen molar-refractivity contribution in [1.29, 1.82) is 0 Å². The first-order chi connectivity index (χ1) is 11.7. The Balaban J connectivity index is 1.76. The smallest absolute Gasteiger partial charge is 0.225 e. The molecule has 3 rings (SSSR count). The van der Waals surface area contributed by atoms with E-state index in [0.717, 1.165) is 33.9 Å². The maximum absolute atomic E-state index is 12.1. The first-order valence-corrected chi connectivity index (χ1v) is 8.70. The van der Waals surface area contributed by atoms with Gasteiger partial charge >= 0.3 is 0 Å². The number of carbonyl (C=O) groups excluding carboxylic acids is 1. The molecule has 0 fully saturated rings. The van der Waals surface area contributed by atoms with Gasteiger partial charge in [-0.05, 0) is 31.9 Å². The van der Waals surface area contributed by atoms with Gasteiger partial charge in [0.05, 0.1) is 15.9 Å². The molecule has 0 unspecified atom stereocenters. The van der Waals surface area contributed by atoms with Crippen LogP contribution >= 0.6 is 11.3 Å². The van der Waals surface area contributed by atoms with Gasteiger partial charge in [-0.2, -0.15) is 9.78 Å². The van der Waals surface area contributed by atoms with E-state index in [0.29, 0.717) is 18.8 Å². The van der Waals surface area contributed by atoms with E-state index in [2.05, 4.69) is 15.4 Å². The molecule has 0 atom stereocenters. The molecule has 2 aromatic heterocycles. The van der Waals surface area contributed by atoms with Gasteiger partial charge in [0.25, 0.3) is 0 Å². The number of fused-ring (bicyclic) bond motifs is 1. The van der Waals surface area contributed by atoms with Gasteiger partial charge in [-0.3, -0.25) is 4.79 Å². The quantitative estimate of drug-likeness (QED) is 0.666. The number of rotatable bonds is 7. The SMILES string of the molecule is COCCCCC(=O)Nc1cc(C)nn1-c1nc2ccccc2s1. The molecular weight excluding hydrogens is 324 g/mol. The number of thiazole rings is 1. The zero-order chi connectivity index (χ0) is 16.9. The summed E-state index contributed by atoms with van der Waals surface area (Å²) in [6.07, 6.45) is 2.14. The number of unbranched alkanes of at least 4 members (excludes halogenated alkanes) is 1. The summed E-state index contributed by atoms with van der Waals surface area (Å²) in [6, 6.07) is 9.81. The molecule has 0 aliphatic rings. The lowest BCUT2D eigenvalue weighted by atomic mass is 10.2. The van der Waals surface area contributed by atoms with Crippen molar-refractivity contribution in [3.8, 4) is 5.13 Å². The zero-order valence-electron chi connectivity index (χ0n) is 13.8. The van der Waals surface area contributed by atoms with Crippen molar-refractivity contribution in [3.63, 3.8) is 0 Å². The summed E-state index contributed by atoms with van der Waals surface area (Å²) in [5.41, 5.74) is 1.77. The topological polar surface area (TPSA) is 69.0 Å². The van der Waals surface area contributed by atoms with E-state index in [1.807, 2.05) is 37.3 Å². The number of benzene rings is 1. The van der Waals surface area contributed by atoms with Crippen LogP contribution in [0.2, 0.25) is 0 Å². The first-order valence-electron chi connectivity index (χ1n) is 7.89. The lowest BCUT2D eigenvalue weighted by molar-refractivity contribution is -0.116. The summed E-state index contributed by atoms with van der Waals surface area (Å²) in [5, 5.41) is 8.16. The fourth-order valence-corrected chi connectivity index (χ4v) is 3.35. The third kappa shape index (κ3) is 3.80. The molecule has 0 aliphatic carbocycles. The second-order valence-electron chi connectivity index (χ2n) is 5.55. The van der Waals surface area contributed by atoms with E-state index in [9.17, 15) is 4.79 Å². The lowest BCUT2D eigenvalue weighted by Gasteiger charge is -2.06. The largest absolute Gasteiger partial charge is 0.385 e. The van der Waals surface area contributed by atoms with Crippen molar-refractivity contribution >= 4 is 33.3 Å². The van der Waals surface area contributed by atoms with Gasteiger partial charge in [-0.1, -0.05) is 23.5 Å². The molecule has 7 heteroatoms. The molecule has 0 aliphatic heterocycles. The summed E-state index contributed by atoms with van der Waals surface area (Å²) in [7, 11) is 1.67. The van der Waals surface area contributed by atoms with Crippen molar-refractivity contribution in [2.75, 3.05) is 19.0 Å². The fraction of sp³-hybridized carbons (Fsp3) is 0.353. The second-order valence-corrected chi connectivity index (χ2v) is 6.55. The van der Waals surface area contributed by atoms with Crippen molar-refractivity contribution in [1.82, 2.24) is 14.8 Å². The summed E-state index contributed by atoms with van der Waals surface area (Å²) in [5.74, 6) is 0.636. The highest BCUT2D eigenvalue weighted by Crippen LogP contribution is 2.27. The standard InChI is InChI=1S/C17H20N4O2S/c1-12-11-15(19-16(22)9-5-6-10-23-2)21(20-12)17-18-13-7-3-4-8-14(13)24-17/h3-4,7-8,11H,5-6,9-10H2,1-2H3,(H,19,22). The van der Waals surface area contributed by atoms with Crippen LogP contribution in [0, 0.1) is 6.92 Å². The zero-order valence-corrected chi connectivity index (χ0v) is 14.6. The molecule has 2 heterocycles. The molecule has 0 saturated carbocycles. The van der Waals surface area contributed by atoms with Crippen LogP contribution < -0.4 is 5.32 Å². The Morgan fingerprint density at radius 2 is 2.17 bits per heavy atom. The van der Waals surface area contributed by atoms with Crippen LogP contribution in [0.1, 0.15) is 25.0 Å². The first kappa shape index (κ1) is 16.6. The molecule has 24 heavy (non-hydrogen) atoms. The Kier molecular flexibility index (Phi) is 5.22. The van der Waals surface area contributed by atoms with Crippen molar-refractivity contribution in [3.05, 3.63) is 36.0 Å². The third-order valence-electron chi connectivity index (χ3n) is 3.57. The van der Waals surface area contributed by atoms with Gasteiger partial charge in [0.15, 0.2) is 0 Å². The fourth-order valence-electron chi connectivity index (χ4n) is 2.42. The van der Waals surface area contributed by atoms with Crippen LogP contribution in [0.4, 0.5) is 5.82 Å². The number of nitrogens with zero attached hydrogens (tertiary/aromatic N) is 3. The van der Waals surface area contributed by atoms with Gasteiger partial charge in [0.2, 0.25) is 11.0 Å². The van der Waals surface area contributed by atoms with Gasteiger partial charge in [-0.25, -0.2) is 4.98 Å². The Hall–Kier alpha value is -2.25. The van der Waals surface area contributed by atoms with Crippen LogP contribution in [0.5, 0.6) is 0 Å². The van der Waals surface area contributed by atoms with Crippen LogP contribution in [-0.4, -0.2) is 34.4 Å². The van der Waals surface area contributed by atoms with Crippen LogP contribution in [0.25, 0.3) is 15.3 Å². The molecular formula is C17H20N4O2S. The van der Waals surface area contributed by atoms with Gasteiger partial charge in [0, 0.05) is 26.2 Å². The molecule has 0 saturated heterocycles. The summed E-state index contributed by atoms with van der Waals surface area (Å²) in [4.78, 5) is 16.7. The van der Waals surface area contributed by atoms with Crippen LogP contribution in [-0.2, 0) is 9.53 Å². The maximum Gasteiger partial charge on any atom is 0.225 e. The molecule has 6 nitrogen and oxygen atoms in total. The van der Waals surface area contributed by atoms with Gasteiger partial charge in [-0.15, -0.1) is 0 Å².